The second-order valence-electron chi connectivity index (χ2n) is 8.16. The number of carbonyl (C=O) groups excluding carboxylic acids is 4. The van der Waals surface area contributed by atoms with Crippen LogP contribution in [0.4, 0.5) is 0 Å². The van der Waals surface area contributed by atoms with Crippen molar-refractivity contribution >= 4 is 23.6 Å². The summed E-state index contributed by atoms with van der Waals surface area (Å²) in [7, 11) is 1.51. The highest BCUT2D eigenvalue weighted by atomic mass is 16.5. The van der Waals surface area contributed by atoms with Gasteiger partial charge in [0, 0.05) is 11.5 Å². The van der Waals surface area contributed by atoms with Crippen molar-refractivity contribution in [3.05, 3.63) is 35.4 Å². The lowest BCUT2D eigenvalue weighted by molar-refractivity contribution is -0.128. The number of phenolic OH excluding ortho intramolecular Hbond substituents is 1. The quantitative estimate of drug-likeness (QED) is 0.497. The van der Waals surface area contributed by atoms with Gasteiger partial charge in [-0.15, -0.1) is 0 Å². The van der Waals surface area contributed by atoms with Crippen LogP contribution in [0.25, 0.3) is 0 Å². The molecule has 8 heteroatoms. The molecule has 2 saturated heterocycles. The SMILES string of the molecule is COc1ccc(O)c([C@H]2C3=CC[C@@H]4C(=O)NC(=O)[C@@H]4[C@@H]3C[C@H]3C(=O)NC(=O)[C@@H]23)c1. The fourth-order valence-corrected chi connectivity index (χ4v) is 5.67. The van der Waals surface area contributed by atoms with Gasteiger partial charge in [0.25, 0.3) is 0 Å². The predicted octanol–water partition coefficient (Wildman–Crippen LogP) is 0.612. The predicted molar refractivity (Wildman–Crippen MR) is 98.5 cm³/mol. The molecule has 0 spiro atoms. The van der Waals surface area contributed by atoms with Gasteiger partial charge in [0.1, 0.15) is 11.5 Å². The monoisotopic (exact) mass is 396 g/mol. The molecule has 0 aromatic heterocycles. The van der Waals surface area contributed by atoms with Crippen LogP contribution in [0.1, 0.15) is 24.3 Å². The Kier molecular flexibility index (Phi) is 3.81. The van der Waals surface area contributed by atoms with Gasteiger partial charge in [-0.2, -0.15) is 0 Å². The summed E-state index contributed by atoms with van der Waals surface area (Å²) in [5.74, 6) is -4.02. The topological polar surface area (TPSA) is 122 Å². The number of rotatable bonds is 2. The number of methoxy groups -OCH3 is 1. The number of benzene rings is 1. The zero-order valence-electron chi connectivity index (χ0n) is 15.7. The van der Waals surface area contributed by atoms with E-state index in [2.05, 4.69) is 10.6 Å². The summed E-state index contributed by atoms with van der Waals surface area (Å²) < 4.78 is 5.29. The number of nitrogens with one attached hydrogen (secondary N) is 2. The molecule has 4 amide bonds. The first-order valence-electron chi connectivity index (χ1n) is 9.67. The largest absolute Gasteiger partial charge is 0.508 e. The van der Waals surface area contributed by atoms with Gasteiger partial charge in [0.2, 0.25) is 23.6 Å². The third-order valence-corrected chi connectivity index (χ3v) is 6.90. The standard InChI is InChI=1S/C21H20N2O6/c1-29-8-2-5-14(24)12(6-8)15-9-3-4-10-16(20(27)22-18(10)25)11(9)7-13-17(15)21(28)23-19(13)26/h2-3,5-6,10-11,13,15-17,24H,4,7H2,1H3,(H,22,25,27)(H,23,26,28)/t10-,11+,13+,15+,16-,17+/m0/s1. The number of imide groups is 2. The summed E-state index contributed by atoms with van der Waals surface area (Å²) in [6, 6.07) is 4.78. The first-order chi connectivity index (χ1) is 13.9. The molecule has 4 aliphatic rings. The second kappa shape index (κ2) is 6.17. The number of allylic oxidation sites excluding steroid dienone is 2. The van der Waals surface area contributed by atoms with Crippen molar-refractivity contribution in [1.82, 2.24) is 10.6 Å². The molecule has 8 nitrogen and oxygen atoms in total. The van der Waals surface area contributed by atoms with Crippen LogP contribution in [-0.4, -0.2) is 35.8 Å². The summed E-state index contributed by atoms with van der Waals surface area (Å²) >= 11 is 0. The van der Waals surface area contributed by atoms with Crippen LogP contribution >= 0.6 is 0 Å². The summed E-state index contributed by atoms with van der Waals surface area (Å²) in [6.07, 6.45) is 2.64. The summed E-state index contributed by atoms with van der Waals surface area (Å²) in [4.78, 5) is 49.9. The minimum absolute atomic E-state index is 0.00248. The van der Waals surface area contributed by atoms with E-state index in [0.717, 1.165) is 5.57 Å². The number of phenols is 1. The summed E-state index contributed by atoms with van der Waals surface area (Å²) in [5.41, 5.74) is 1.33. The number of hydrogen-bond donors (Lipinski definition) is 3. The maximum Gasteiger partial charge on any atom is 0.231 e. The maximum atomic E-state index is 12.7. The zero-order valence-corrected chi connectivity index (χ0v) is 15.7. The normalized spacial score (nSPS) is 35.3. The summed E-state index contributed by atoms with van der Waals surface area (Å²) in [6.45, 7) is 0. The number of amides is 4. The van der Waals surface area contributed by atoms with Crippen LogP contribution in [0.15, 0.2) is 29.8 Å². The van der Waals surface area contributed by atoms with Gasteiger partial charge < -0.3 is 9.84 Å². The highest BCUT2D eigenvalue weighted by molar-refractivity contribution is 6.07. The average molecular weight is 396 g/mol. The van der Waals surface area contributed by atoms with Crippen molar-refractivity contribution in [2.45, 2.75) is 18.8 Å². The van der Waals surface area contributed by atoms with Gasteiger partial charge in [-0.25, -0.2) is 0 Å². The van der Waals surface area contributed by atoms with Crippen molar-refractivity contribution < 1.29 is 29.0 Å². The number of aromatic hydroxyl groups is 1. The third kappa shape index (κ3) is 2.44. The van der Waals surface area contributed by atoms with Gasteiger partial charge in [0.15, 0.2) is 0 Å². The van der Waals surface area contributed by atoms with Crippen molar-refractivity contribution in [3.8, 4) is 11.5 Å². The maximum absolute atomic E-state index is 12.7. The van der Waals surface area contributed by atoms with Crippen LogP contribution in [-0.2, 0) is 19.2 Å². The van der Waals surface area contributed by atoms with E-state index in [4.69, 9.17) is 4.74 Å². The lowest BCUT2D eigenvalue weighted by Crippen LogP contribution is -2.42. The minimum atomic E-state index is -0.667. The summed E-state index contributed by atoms with van der Waals surface area (Å²) in [5, 5.41) is 15.4. The number of fused-ring (bicyclic) bond motifs is 4. The lowest BCUT2D eigenvalue weighted by Gasteiger charge is -2.44. The third-order valence-electron chi connectivity index (χ3n) is 6.90. The zero-order chi connectivity index (χ0) is 20.4. The molecule has 6 atom stereocenters. The highest BCUT2D eigenvalue weighted by Crippen LogP contribution is 2.57. The fraction of sp³-hybridized carbons (Fsp3) is 0.429. The Balaban J connectivity index is 1.68. The van der Waals surface area contributed by atoms with Gasteiger partial charge in [-0.1, -0.05) is 11.6 Å². The molecule has 0 bridgehead atoms. The van der Waals surface area contributed by atoms with E-state index in [1.54, 1.807) is 12.1 Å². The number of carbonyl (C=O) groups is 4. The van der Waals surface area contributed by atoms with Crippen molar-refractivity contribution in [2.24, 2.45) is 29.6 Å². The van der Waals surface area contributed by atoms with Gasteiger partial charge in [-0.3, -0.25) is 29.8 Å². The Hall–Kier alpha value is -3.16. The van der Waals surface area contributed by atoms with E-state index in [0.29, 0.717) is 24.2 Å². The molecule has 1 saturated carbocycles. The molecule has 2 heterocycles. The Bertz CT molecular complexity index is 999. The van der Waals surface area contributed by atoms with Crippen LogP contribution in [0.3, 0.4) is 0 Å². The molecular formula is C21H20N2O6. The van der Waals surface area contributed by atoms with E-state index < -0.39 is 29.6 Å². The lowest BCUT2D eigenvalue weighted by atomic mass is 9.57. The molecule has 1 aromatic rings. The Morgan fingerprint density at radius 3 is 2.34 bits per heavy atom. The van der Waals surface area contributed by atoms with Crippen molar-refractivity contribution in [3.63, 3.8) is 0 Å². The smallest absolute Gasteiger partial charge is 0.231 e. The molecular weight excluding hydrogens is 376 g/mol. The number of ether oxygens (including phenoxy) is 1. The first kappa shape index (κ1) is 17.9. The molecule has 0 unspecified atom stereocenters. The number of hydrogen-bond acceptors (Lipinski definition) is 6. The molecule has 150 valence electrons. The van der Waals surface area contributed by atoms with E-state index in [-0.39, 0.29) is 35.3 Å². The molecule has 1 aromatic carbocycles. The molecule has 29 heavy (non-hydrogen) atoms. The van der Waals surface area contributed by atoms with E-state index in [1.165, 1.54) is 13.2 Å². The van der Waals surface area contributed by atoms with Crippen molar-refractivity contribution in [1.29, 1.82) is 0 Å². The van der Waals surface area contributed by atoms with E-state index in [9.17, 15) is 24.3 Å². The second-order valence-corrected chi connectivity index (χ2v) is 8.16. The Labute approximate surface area is 166 Å². The van der Waals surface area contributed by atoms with Gasteiger partial charge in [0.05, 0.1) is 30.8 Å². The van der Waals surface area contributed by atoms with Gasteiger partial charge in [-0.05, 0) is 37.0 Å². The average Bonchev–Trinajstić information content (AvgIpc) is 3.16. The minimum Gasteiger partial charge on any atom is -0.508 e. The Morgan fingerprint density at radius 2 is 1.62 bits per heavy atom. The molecule has 2 aliphatic heterocycles. The van der Waals surface area contributed by atoms with Crippen LogP contribution in [0, 0.1) is 29.6 Å². The molecule has 3 N–H and O–H groups in total. The Morgan fingerprint density at radius 1 is 0.931 bits per heavy atom. The van der Waals surface area contributed by atoms with Gasteiger partial charge >= 0.3 is 0 Å². The van der Waals surface area contributed by atoms with Crippen LogP contribution in [0.2, 0.25) is 0 Å². The van der Waals surface area contributed by atoms with Crippen LogP contribution in [0.5, 0.6) is 11.5 Å². The highest BCUT2D eigenvalue weighted by Gasteiger charge is 2.59. The first-order valence-corrected chi connectivity index (χ1v) is 9.67. The fourth-order valence-electron chi connectivity index (χ4n) is 5.67. The van der Waals surface area contributed by atoms with E-state index in [1.807, 2.05) is 6.08 Å². The molecule has 3 fully saturated rings. The van der Waals surface area contributed by atoms with Crippen LogP contribution < -0.4 is 15.4 Å². The molecule has 5 rings (SSSR count). The van der Waals surface area contributed by atoms with Crippen molar-refractivity contribution in [2.75, 3.05) is 7.11 Å². The van der Waals surface area contributed by atoms with E-state index >= 15 is 0 Å². The molecule has 0 radical (unpaired) electrons. The molecule has 2 aliphatic carbocycles.